The Hall–Kier alpha value is -1.58. The minimum atomic E-state index is -0.0426. The van der Waals surface area contributed by atoms with Crippen molar-refractivity contribution in [3.63, 3.8) is 0 Å². The summed E-state index contributed by atoms with van der Waals surface area (Å²) in [6.45, 7) is 13.9. The molecule has 0 saturated carbocycles. The van der Waals surface area contributed by atoms with Gasteiger partial charge in [0.25, 0.3) is 0 Å². The SMILES string of the molecule is C=CC(=O)N(CCC)CCCN(CCC)C(=O)C=C. The van der Waals surface area contributed by atoms with Gasteiger partial charge in [0.2, 0.25) is 11.8 Å². The van der Waals surface area contributed by atoms with Crippen LogP contribution < -0.4 is 0 Å². The highest BCUT2D eigenvalue weighted by atomic mass is 16.2. The predicted octanol–water partition coefficient (Wildman–Crippen LogP) is 2.23. The zero-order valence-electron chi connectivity index (χ0n) is 12.2. The first kappa shape index (κ1) is 17.4. The van der Waals surface area contributed by atoms with Gasteiger partial charge in [0, 0.05) is 26.2 Å². The second-order valence-electron chi connectivity index (χ2n) is 4.41. The van der Waals surface area contributed by atoms with E-state index in [1.54, 1.807) is 9.80 Å². The molecular formula is C15H26N2O2. The number of amides is 2. The molecule has 0 aromatic carbocycles. The van der Waals surface area contributed by atoms with Crippen LogP contribution in [0.5, 0.6) is 0 Å². The van der Waals surface area contributed by atoms with Crippen LogP contribution in [0.25, 0.3) is 0 Å². The number of hydrogen-bond donors (Lipinski definition) is 0. The molecular weight excluding hydrogens is 240 g/mol. The van der Waals surface area contributed by atoms with E-state index in [0.29, 0.717) is 13.1 Å². The summed E-state index contributed by atoms with van der Waals surface area (Å²) < 4.78 is 0. The lowest BCUT2D eigenvalue weighted by Crippen LogP contribution is -2.36. The van der Waals surface area contributed by atoms with Gasteiger partial charge in [-0.1, -0.05) is 27.0 Å². The summed E-state index contributed by atoms with van der Waals surface area (Å²) in [5.41, 5.74) is 0. The molecule has 108 valence electrons. The second kappa shape index (κ2) is 10.4. The van der Waals surface area contributed by atoms with E-state index in [0.717, 1.165) is 32.4 Å². The van der Waals surface area contributed by atoms with E-state index in [9.17, 15) is 9.59 Å². The number of hydrogen-bond acceptors (Lipinski definition) is 2. The maximum absolute atomic E-state index is 11.6. The van der Waals surface area contributed by atoms with Gasteiger partial charge < -0.3 is 9.80 Å². The third-order valence-electron chi connectivity index (χ3n) is 2.82. The minimum Gasteiger partial charge on any atom is -0.339 e. The summed E-state index contributed by atoms with van der Waals surface area (Å²) in [7, 11) is 0. The first-order valence-electron chi connectivity index (χ1n) is 6.93. The normalized spacial score (nSPS) is 9.79. The number of nitrogens with zero attached hydrogens (tertiary/aromatic N) is 2. The van der Waals surface area contributed by atoms with Gasteiger partial charge >= 0.3 is 0 Å². The highest BCUT2D eigenvalue weighted by Gasteiger charge is 2.12. The molecule has 0 spiro atoms. The fourth-order valence-electron chi connectivity index (χ4n) is 1.91. The van der Waals surface area contributed by atoms with Gasteiger partial charge in [-0.05, 0) is 31.4 Å². The molecule has 0 aliphatic rings. The first-order chi connectivity index (χ1) is 9.10. The Kier molecular flexibility index (Phi) is 9.49. The molecule has 0 rings (SSSR count). The van der Waals surface area contributed by atoms with Crippen LogP contribution in [-0.2, 0) is 9.59 Å². The van der Waals surface area contributed by atoms with E-state index in [4.69, 9.17) is 0 Å². The molecule has 0 atom stereocenters. The minimum absolute atomic E-state index is 0.0426. The highest BCUT2D eigenvalue weighted by molar-refractivity contribution is 5.87. The van der Waals surface area contributed by atoms with Crippen LogP contribution in [0.2, 0.25) is 0 Å². The molecule has 0 heterocycles. The van der Waals surface area contributed by atoms with Gasteiger partial charge in [0.15, 0.2) is 0 Å². The van der Waals surface area contributed by atoms with Crippen LogP contribution in [0.1, 0.15) is 33.1 Å². The van der Waals surface area contributed by atoms with Crippen molar-refractivity contribution in [1.82, 2.24) is 9.80 Å². The maximum atomic E-state index is 11.6. The second-order valence-corrected chi connectivity index (χ2v) is 4.41. The van der Waals surface area contributed by atoms with Crippen LogP contribution in [0, 0.1) is 0 Å². The van der Waals surface area contributed by atoms with E-state index in [2.05, 4.69) is 13.2 Å². The fourth-order valence-corrected chi connectivity index (χ4v) is 1.91. The van der Waals surface area contributed by atoms with Crippen molar-refractivity contribution < 1.29 is 9.59 Å². The molecule has 0 aromatic rings. The topological polar surface area (TPSA) is 40.6 Å². The number of rotatable bonds is 10. The first-order valence-corrected chi connectivity index (χ1v) is 6.93. The summed E-state index contributed by atoms with van der Waals surface area (Å²) in [6.07, 6.45) is 5.30. The van der Waals surface area contributed by atoms with Crippen molar-refractivity contribution in [3.05, 3.63) is 25.3 Å². The standard InChI is InChI=1S/C15H26N2O2/c1-5-10-16(14(18)7-3)12-9-13-17(11-6-2)15(19)8-4/h7-8H,3-6,9-13H2,1-2H3. The van der Waals surface area contributed by atoms with Crippen molar-refractivity contribution in [2.45, 2.75) is 33.1 Å². The van der Waals surface area contributed by atoms with Crippen molar-refractivity contribution in [2.75, 3.05) is 26.2 Å². The number of carbonyl (C=O) groups excluding carboxylic acids is 2. The molecule has 0 saturated heterocycles. The average Bonchev–Trinajstić information content (AvgIpc) is 2.43. The van der Waals surface area contributed by atoms with Crippen LogP contribution in [0.15, 0.2) is 25.3 Å². The molecule has 2 amide bonds. The Morgan fingerprint density at radius 1 is 0.842 bits per heavy atom. The Labute approximate surface area is 116 Å². The van der Waals surface area contributed by atoms with Crippen LogP contribution in [-0.4, -0.2) is 47.8 Å². The quantitative estimate of drug-likeness (QED) is 0.569. The molecule has 4 heteroatoms. The fraction of sp³-hybridized carbons (Fsp3) is 0.600. The van der Waals surface area contributed by atoms with E-state index < -0.39 is 0 Å². The lowest BCUT2D eigenvalue weighted by atomic mass is 10.3. The van der Waals surface area contributed by atoms with Crippen LogP contribution in [0.3, 0.4) is 0 Å². The van der Waals surface area contributed by atoms with Gasteiger partial charge in [0.1, 0.15) is 0 Å². The summed E-state index contributed by atoms with van der Waals surface area (Å²) in [5.74, 6) is -0.0853. The van der Waals surface area contributed by atoms with Crippen molar-refractivity contribution in [3.8, 4) is 0 Å². The van der Waals surface area contributed by atoms with Gasteiger partial charge in [-0.2, -0.15) is 0 Å². The Balaban J connectivity index is 4.27. The van der Waals surface area contributed by atoms with Gasteiger partial charge in [0.05, 0.1) is 0 Å². The molecule has 0 fully saturated rings. The van der Waals surface area contributed by atoms with Gasteiger partial charge in [-0.25, -0.2) is 0 Å². The molecule has 0 radical (unpaired) electrons. The summed E-state index contributed by atoms with van der Waals surface area (Å²) in [5, 5.41) is 0. The monoisotopic (exact) mass is 266 g/mol. The molecule has 0 bridgehead atoms. The zero-order valence-corrected chi connectivity index (χ0v) is 12.2. The number of carbonyl (C=O) groups is 2. The van der Waals surface area contributed by atoms with E-state index in [-0.39, 0.29) is 11.8 Å². The largest absolute Gasteiger partial charge is 0.339 e. The molecule has 0 aromatic heterocycles. The highest BCUT2D eigenvalue weighted by Crippen LogP contribution is 2.00. The van der Waals surface area contributed by atoms with Crippen molar-refractivity contribution >= 4 is 11.8 Å². The zero-order chi connectivity index (χ0) is 14.7. The molecule has 0 aliphatic carbocycles. The Bertz CT molecular complexity index is 283. The molecule has 0 unspecified atom stereocenters. The van der Waals surface area contributed by atoms with Gasteiger partial charge in [-0.15, -0.1) is 0 Å². The smallest absolute Gasteiger partial charge is 0.245 e. The Morgan fingerprint density at radius 2 is 1.21 bits per heavy atom. The molecule has 19 heavy (non-hydrogen) atoms. The lowest BCUT2D eigenvalue weighted by molar-refractivity contribution is -0.126. The summed E-state index contributed by atoms with van der Waals surface area (Å²) >= 11 is 0. The van der Waals surface area contributed by atoms with Crippen molar-refractivity contribution in [2.24, 2.45) is 0 Å². The summed E-state index contributed by atoms with van der Waals surface area (Å²) in [6, 6.07) is 0. The summed E-state index contributed by atoms with van der Waals surface area (Å²) in [4.78, 5) is 26.8. The van der Waals surface area contributed by atoms with Crippen LogP contribution in [0.4, 0.5) is 0 Å². The third-order valence-corrected chi connectivity index (χ3v) is 2.82. The molecule has 0 aliphatic heterocycles. The van der Waals surface area contributed by atoms with Crippen molar-refractivity contribution in [1.29, 1.82) is 0 Å². The maximum Gasteiger partial charge on any atom is 0.245 e. The Morgan fingerprint density at radius 3 is 1.47 bits per heavy atom. The molecule has 4 nitrogen and oxygen atoms in total. The predicted molar refractivity (Wildman–Crippen MR) is 78.8 cm³/mol. The van der Waals surface area contributed by atoms with E-state index in [1.807, 2.05) is 13.8 Å². The van der Waals surface area contributed by atoms with Gasteiger partial charge in [-0.3, -0.25) is 9.59 Å². The van der Waals surface area contributed by atoms with Crippen LogP contribution >= 0.6 is 0 Å². The molecule has 0 N–H and O–H groups in total. The average molecular weight is 266 g/mol. The third kappa shape index (κ3) is 6.79. The van der Waals surface area contributed by atoms with E-state index in [1.165, 1.54) is 12.2 Å². The van der Waals surface area contributed by atoms with E-state index >= 15 is 0 Å². The lowest BCUT2D eigenvalue weighted by Gasteiger charge is -2.24.